The van der Waals surface area contributed by atoms with Gasteiger partial charge in [-0.2, -0.15) is 0 Å². The minimum Gasteiger partial charge on any atom is -0.390 e. The number of rotatable bonds is 5. The Kier molecular flexibility index (Phi) is 4.55. The maximum absolute atomic E-state index is 9.81. The fraction of sp³-hybridized carbons (Fsp3) is 0.455. The molecule has 1 aromatic rings. The second-order valence-corrected chi connectivity index (χ2v) is 3.46. The average molecular weight is 210 g/mol. The minimum atomic E-state index is -0.873. The molecule has 0 aliphatic heterocycles. The van der Waals surface area contributed by atoms with Crippen molar-refractivity contribution < 1.29 is 10.2 Å². The lowest BCUT2D eigenvalue weighted by Gasteiger charge is -2.18. The van der Waals surface area contributed by atoms with E-state index in [1.54, 1.807) is 6.07 Å². The summed E-state index contributed by atoms with van der Waals surface area (Å²) in [5, 5.41) is 22.4. The zero-order valence-corrected chi connectivity index (χ0v) is 8.85. The van der Waals surface area contributed by atoms with Crippen LogP contribution in [0.1, 0.15) is 18.1 Å². The number of hydrogen-bond donors (Lipinski definition) is 4. The predicted molar refractivity (Wildman–Crippen MR) is 60.6 cm³/mol. The number of aliphatic hydroxyl groups is 2. The first-order valence-electron chi connectivity index (χ1n) is 5.03. The summed E-state index contributed by atoms with van der Waals surface area (Å²) < 4.78 is 0. The third kappa shape index (κ3) is 3.20. The summed E-state index contributed by atoms with van der Waals surface area (Å²) in [5.74, 6) is 0. The molecule has 4 heteroatoms. The van der Waals surface area contributed by atoms with Gasteiger partial charge in [-0.05, 0) is 30.7 Å². The summed E-state index contributed by atoms with van der Waals surface area (Å²) in [6, 6.07) is 7.32. The number of nitrogens with one attached hydrogen (secondary N) is 1. The summed E-state index contributed by atoms with van der Waals surface area (Å²) in [4.78, 5) is 0. The van der Waals surface area contributed by atoms with Crippen molar-refractivity contribution in [3.63, 3.8) is 0 Å². The molecule has 4 nitrogen and oxygen atoms in total. The first-order valence-corrected chi connectivity index (χ1v) is 5.03. The van der Waals surface area contributed by atoms with Crippen LogP contribution < -0.4 is 11.1 Å². The third-order valence-electron chi connectivity index (χ3n) is 2.34. The zero-order chi connectivity index (χ0) is 11.3. The minimum absolute atomic E-state index is 0.365. The monoisotopic (exact) mass is 210 g/mol. The van der Waals surface area contributed by atoms with E-state index in [4.69, 9.17) is 5.73 Å². The van der Waals surface area contributed by atoms with E-state index in [1.165, 1.54) is 0 Å². The highest BCUT2D eigenvalue weighted by molar-refractivity contribution is 5.45. The number of nitrogens with two attached hydrogens (primary N) is 1. The van der Waals surface area contributed by atoms with Gasteiger partial charge >= 0.3 is 0 Å². The fourth-order valence-corrected chi connectivity index (χ4v) is 1.43. The summed E-state index contributed by atoms with van der Waals surface area (Å²) in [7, 11) is 1.81. The topological polar surface area (TPSA) is 78.5 Å². The Labute approximate surface area is 89.7 Å². The highest BCUT2D eigenvalue weighted by Crippen LogP contribution is 2.21. The molecule has 0 radical (unpaired) electrons. The Hall–Kier alpha value is -1.10. The van der Waals surface area contributed by atoms with E-state index in [-0.39, 0.29) is 0 Å². The molecule has 5 N–H and O–H groups in total. The Morgan fingerprint density at radius 3 is 2.73 bits per heavy atom. The molecule has 2 unspecified atom stereocenters. The second-order valence-electron chi connectivity index (χ2n) is 3.46. The van der Waals surface area contributed by atoms with E-state index < -0.39 is 12.2 Å². The molecule has 0 spiro atoms. The Morgan fingerprint density at radius 1 is 1.40 bits per heavy atom. The van der Waals surface area contributed by atoms with E-state index in [0.717, 1.165) is 5.69 Å². The average Bonchev–Trinajstić information content (AvgIpc) is 2.28. The summed E-state index contributed by atoms with van der Waals surface area (Å²) in [6.07, 6.45) is -1.28. The van der Waals surface area contributed by atoms with Gasteiger partial charge in [0.25, 0.3) is 0 Å². The molecule has 2 atom stereocenters. The standard InChI is InChI=1S/C11H18N2O2/c1-13-9-4-2-3-8(7-9)11(15)10(14)5-6-12/h2-4,7,10-11,13-15H,5-6,12H2,1H3. The molecule has 0 aromatic heterocycles. The molecule has 0 aliphatic carbocycles. The van der Waals surface area contributed by atoms with E-state index >= 15 is 0 Å². The van der Waals surface area contributed by atoms with Gasteiger partial charge in [-0.15, -0.1) is 0 Å². The third-order valence-corrected chi connectivity index (χ3v) is 2.34. The molecule has 0 fully saturated rings. The van der Waals surface area contributed by atoms with Crippen molar-refractivity contribution in [3.05, 3.63) is 29.8 Å². The van der Waals surface area contributed by atoms with Crippen LogP contribution in [0, 0.1) is 0 Å². The van der Waals surface area contributed by atoms with Crippen LogP contribution in [0.4, 0.5) is 5.69 Å². The van der Waals surface area contributed by atoms with Crippen LogP contribution in [0.5, 0.6) is 0 Å². The molecular formula is C11H18N2O2. The normalized spacial score (nSPS) is 14.7. The van der Waals surface area contributed by atoms with Gasteiger partial charge in [0, 0.05) is 12.7 Å². The van der Waals surface area contributed by atoms with Gasteiger partial charge in [0.15, 0.2) is 0 Å². The van der Waals surface area contributed by atoms with Crippen molar-refractivity contribution in [2.75, 3.05) is 18.9 Å². The van der Waals surface area contributed by atoms with Crippen molar-refractivity contribution in [2.45, 2.75) is 18.6 Å². The quantitative estimate of drug-likeness (QED) is 0.569. The molecule has 1 aromatic carbocycles. The molecular weight excluding hydrogens is 192 g/mol. The Balaban J connectivity index is 2.76. The van der Waals surface area contributed by atoms with Gasteiger partial charge in [-0.25, -0.2) is 0 Å². The maximum atomic E-state index is 9.81. The number of hydrogen-bond acceptors (Lipinski definition) is 4. The van der Waals surface area contributed by atoms with Crippen LogP contribution in [-0.4, -0.2) is 29.9 Å². The SMILES string of the molecule is CNc1cccc(C(O)C(O)CCN)c1. The van der Waals surface area contributed by atoms with Gasteiger partial charge in [-0.3, -0.25) is 0 Å². The number of benzene rings is 1. The van der Waals surface area contributed by atoms with Crippen LogP contribution in [0.3, 0.4) is 0 Å². The molecule has 0 bridgehead atoms. The summed E-state index contributed by atoms with van der Waals surface area (Å²) in [5.41, 5.74) is 6.92. The summed E-state index contributed by atoms with van der Waals surface area (Å²) >= 11 is 0. The highest BCUT2D eigenvalue weighted by Gasteiger charge is 2.17. The van der Waals surface area contributed by atoms with Crippen LogP contribution in [-0.2, 0) is 0 Å². The Bertz CT molecular complexity index is 304. The van der Waals surface area contributed by atoms with Gasteiger partial charge in [0.2, 0.25) is 0 Å². The van der Waals surface area contributed by atoms with E-state index in [1.807, 2.05) is 25.2 Å². The smallest absolute Gasteiger partial charge is 0.105 e. The molecule has 0 heterocycles. The molecule has 0 aliphatic rings. The van der Waals surface area contributed by atoms with Crippen LogP contribution >= 0.6 is 0 Å². The van der Waals surface area contributed by atoms with Gasteiger partial charge in [-0.1, -0.05) is 12.1 Å². The molecule has 15 heavy (non-hydrogen) atoms. The van der Waals surface area contributed by atoms with E-state index in [9.17, 15) is 10.2 Å². The van der Waals surface area contributed by atoms with Gasteiger partial charge in [0.1, 0.15) is 6.10 Å². The van der Waals surface area contributed by atoms with Crippen LogP contribution in [0.15, 0.2) is 24.3 Å². The van der Waals surface area contributed by atoms with Crippen molar-refractivity contribution in [1.29, 1.82) is 0 Å². The van der Waals surface area contributed by atoms with Crippen molar-refractivity contribution >= 4 is 5.69 Å². The first kappa shape index (κ1) is 12.0. The van der Waals surface area contributed by atoms with Crippen molar-refractivity contribution in [1.82, 2.24) is 0 Å². The lowest BCUT2D eigenvalue weighted by Crippen LogP contribution is -2.21. The number of anilines is 1. The van der Waals surface area contributed by atoms with Gasteiger partial charge < -0.3 is 21.3 Å². The van der Waals surface area contributed by atoms with E-state index in [2.05, 4.69) is 5.32 Å². The predicted octanol–water partition coefficient (Wildman–Crippen LogP) is 0.471. The van der Waals surface area contributed by atoms with Crippen molar-refractivity contribution in [3.8, 4) is 0 Å². The van der Waals surface area contributed by atoms with Gasteiger partial charge in [0.05, 0.1) is 6.10 Å². The highest BCUT2D eigenvalue weighted by atomic mass is 16.3. The molecule has 0 saturated heterocycles. The van der Waals surface area contributed by atoms with Crippen molar-refractivity contribution in [2.24, 2.45) is 5.73 Å². The van der Waals surface area contributed by atoms with Crippen LogP contribution in [0.25, 0.3) is 0 Å². The summed E-state index contributed by atoms with van der Waals surface area (Å²) in [6.45, 7) is 0.365. The number of aliphatic hydroxyl groups excluding tert-OH is 2. The lowest BCUT2D eigenvalue weighted by molar-refractivity contribution is 0.0150. The lowest BCUT2D eigenvalue weighted by atomic mass is 10.0. The zero-order valence-electron chi connectivity index (χ0n) is 8.85. The maximum Gasteiger partial charge on any atom is 0.105 e. The molecule has 0 amide bonds. The molecule has 0 saturated carbocycles. The molecule has 1 rings (SSSR count). The largest absolute Gasteiger partial charge is 0.390 e. The van der Waals surface area contributed by atoms with E-state index in [0.29, 0.717) is 18.5 Å². The van der Waals surface area contributed by atoms with Crippen LogP contribution in [0.2, 0.25) is 0 Å². The first-order chi connectivity index (χ1) is 7.19. The Morgan fingerprint density at radius 2 is 2.13 bits per heavy atom. The second kappa shape index (κ2) is 5.70. The molecule has 84 valence electrons. The fourth-order valence-electron chi connectivity index (χ4n) is 1.43.